The second-order valence-corrected chi connectivity index (χ2v) is 22.7. The number of esters is 4. The maximum absolute atomic E-state index is 13.5. The molecule has 4 aromatic rings. The van der Waals surface area contributed by atoms with Gasteiger partial charge in [-0.05, 0) is 140 Å². The van der Waals surface area contributed by atoms with E-state index < -0.39 is 55.7 Å². The maximum Gasteiger partial charge on any atom is 0.306 e. The number of hydrogen-bond acceptors (Lipinski definition) is 12. The topological polar surface area (TPSA) is 186 Å². The van der Waals surface area contributed by atoms with Crippen LogP contribution in [0.4, 0.5) is 0 Å². The van der Waals surface area contributed by atoms with E-state index in [1.807, 2.05) is 107 Å². The van der Waals surface area contributed by atoms with Gasteiger partial charge in [-0.1, -0.05) is 107 Å². The van der Waals surface area contributed by atoms with E-state index in [1.54, 1.807) is 48.5 Å². The molecule has 4 N–H and O–H groups in total. The number of aromatic hydroxyl groups is 4. The van der Waals surface area contributed by atoms with Crippen molar-refractivity contribution in [3.8, 4) is 23.0 Å². The molecule has 0 atom stereocenters. The quantitative estimate of drug-likeness (QED) is 0.0486. The van der Waals surface area contributed by atoms with Crippen LogP contribution in [-0.4, -0.2) is 70.7 Å². The van der Waals surface area contributed by atoms with Crippen LogP contribution in [0.5, 0.6) is 23.0 Å². The van der Waals surface area contributed by atoms with Gasteiger partial charge >= 0.3 is 23.9 Å². The number of carbonyl (C=O) groups is 4. The van der Waals surface area contributed by atoms with Gasteiger partial charge in [-0.15, -0.1) is 0 Å². The Labute approximate surface area is 409 Å². The van der Waals surface area contributed by atoms with Crippen molar-refractivity contribution in [3.63, 3.8) is 0 Å². The first-order valence-corrected chi connectivity index (χ1v) is 23.9. The lowest BCUT2D eigenvalue weighted by atomic mass is 9.85. The molecule has 0 amide bonds. The van der Waals surface area contributed by atoms with E-state index in [4.69, 9.17) is 18.9 Å². The summed E-state index contributed by atoms with van der Waals surface area (Å²) in [6.45, 7) is 22.4. The molecule has 0 saturated carbocycles. The molecular weight excluding hydrogens is 877 g/mol. The SMILES string of the molecule is CC(C)(C)c1cc(O)cc(CCC(=O)OCC(COC(=O)CCc2cc(O)cc(C(C)(C)C)c2)(COC(=O)CCc2cc(O)cc(C(C)(C)C)c2)COC(=O)CCc2cc(O)cc(C(C)(C)C)c2)c1. The van der Waals surface area contributed by atoms with E-state index in [0.717, 1.165) is 44.5 Å². The molecule has 0 aromatic heterocycles. The van der Waals surface area contributed by atoms with E-state index >= 15 is 0 Å². The highest BCUT2D eigenvalue weighted by atomic mass is 16.6. The third kappa shape index (κ3) is 18.4. The zero-order valence-electron chi connectivity index (χ0n) is 43.0. The third-order valence-electron chi connectivity index (χ3n) is 12.0. The average molecular weight is 953 g/mol. The van der Waals surface area contributed by atoms with Crippen LogP contribution in [0.2, 0.25) is 0 Å². The van der Waals surface area contributed by atoms with Gasteiger partial charge in [-0.25, -0.2) is 0 Å². The summed E-state index contributed by atoms with van der Waals surface area (Å²) in [5.74, 6) is -2.20. The Hall–Kier alpha value is -6.04. The molecule has 0 aliphatic rings. The van der Waals surface area contributed by atoms with Crippen LogP contribution in [0.15, 0.2) is 72.8 Å². The zero-order valence-corrected chi connectivity index (χ0v) is 43.0. The molecule has 0 spiro atoms. The molecular formula is C57H76O12. The number of aryl methyl sites for hydroxylation is 4. The number of ether oxygens (including phenoxy) is 4. The largest absolute Gasteiger partial charge is 0.508 e. The monoisotopic (exact) mass is 953 g/mol. The molecule has 0 heterocycles. The summed E-state index contributed by atoms with van der Waals surface area (Å²) in [6, 6.07) is 20.8. The smallest absolute Gasteiger partial charge is 0.306 e. The van der Waals surface area contributed by atoms with Crippen LogP contribution < -0.4 is 0 Å². The predicted octanol–water partition coefficient (Wildman–Crippen LogP) is 10.7. The number of hydrogen-bond donors (Lipinski definition) is 4. The predicted molar refractivity (Wildman–Crippen MR) is 267 cm³/mol. The van der Waals surface area contributed by atoms with Crippen LogP contribution in [0.25, 0.3) is 0 Å². The van der Waals surface area contributed by atoms with Crippen molar-refractivity contribution in [3.05, 3.63) is 117 Å². The second kappa shape index (κ2) is 23.0. The summed E-state index contributed by atoms with van der Waals surface area (Å²) >= 11 is 0. The standard InChI is InChI=1S/C57H76O12/c1-53(2,3)41-21-37(25-45(58)29-41)13-17-49(62)66-33-57(34-67-50(63)18-14-38-22-42(54(4,5)6)30-46(59)26-38,35-68-51(64)19-15-39-23-43(55(7,8)9)31-47(60)27-39)36-69-52(65)20-16-40-24-44(56(10,11)12)32-48(61)28-40/h21-32,58-61H,13-20,33-36H2,1-12H3. The Bertz CT molecular complexity index is 2080. The Balaban J connectivity index is 1.60. The molecule has 69 heavy (non-hydrogen) atoms. The molecule has 0 aliphatic carbocycles. The van der Waals surface area contributed by atoms with Gasteiger partial charge in [-0.3, -0.25) is 19.2 Å². The van der Waals surface area contributed by atoms with Crippen LogP contribution >= 0.6 is 0 Å². The lowest BCUT2D eigenvalue weighted by molar-refractivity contribution is -0.170. The van der Waals surface area contributed by atoms with E-state index in [9.17, 15) is 39.6 Å². The highest BCUT2D eigenvalue weighted by molar-refractivity contribution is 5.72. The third-order valence-corrected chi connectivity index (χ3v) is 12.0. The number of rotatable bonds is 20. The van der Waals surface area contributed by atoms with Crippen molar-refractivity contribution in [2.24, 2.45) is 5.41 Å². The van der Waals surface area contributed by atoms with Crippen molar-refractivity contribution >= 4 is 23.9 Å². The van der Waals surface area contributed by atoms with Gasteiger partial charge in [0.15, 0.2) is 0 Å². The minimum absolute atomic E-state index is 0.0754. The molecule has 0 radical (unpaired) electrons. The molecule has 12 nitrogen and oxygen atoms in total. The Morgan fingerprint density at radius 2 is 0.522 bits per heavy atom. The molecule has 0 fully saturated rings. The van der Waals surface area contributed by atoms with Crippen LogP contribution in [0.3, 0.4) is 0 Å². The minimum Gasteiger partial charge on any atom is -0.508 e. The first-order chi connectivity index (χ1) is 31.9. The first kappa shape index (κ1) is 55.6. The van der Waals surface area contributed by atoms with E-state index in [0.29, 0.717) is 0 Å². The number of carbonyl (C=O) groups excluding carboxylic acids is 4. The minimum atomic E-state index is -1.56. The fourth-order valence-electron chi connectivity index (χ4n) is 7.46. The number of phenolic OH excluding ortho intramolecular Hbond substituents is 4. The molecule has 0 saturated heterocycles. The summed E-state index contributed by atoms with van der Waals surface area (Å²) in [5.41, 5.74) is 3.91. The summed E-state index contributed by atoms with van der Waals surface area (Å²) < 4.78 is 23.4. The Kier molecular flexibility index (Phi) is 18.6. The summed E-state index contributed by atoms with van der Waals surface area (Å²) in [4.78, 5) is 54.1. The van der Waals surface area contributed by atoms with Crippen LogP contribution in [0.1, 0.15) is 153 Å². The zero-order chi connectivity index (χ0) is 51.5. The summed E-state index contributed by atoms with van der Waals surface area (Å²) in [6.07, 6.45) is 0.651. The highest BCUT2D eigenvalue weighted by Gasteiger charge is 2.38. The van der Waals surface area contributed by atoms with Gasteiger partial charge < -0.3 is 39.4 Å². The van der Waals surface area contributed by atoms with Gasteiger partial charge in [0, 0.05) is 25.7 Å². The molecule has 4 rings (SSSR count). The van der Waals surface area contributed by atoms with Crippen molar-refractivity contribution in [2.75, 3.05) is 26.4 Å². The normalized spacial score (nSPS) is 12.3. The van der Waals surface area contributed by atoms with Crippen molar-refractivity contribution in [1.29, 1.82) is 0 Å². The lowest BCUT2D eigenvalue weighted by Crippen LogP contribution is -2.44. The highest BCUT2D eigenvalue weighted by Crippen LogP contribution is 2.32. The number of phenols is 4. The van der Waals surface area contributed by atoms with Crippen molar-refractivity contribution in [1.82, 2.24) is 0 Å². The van der Waals surface area contributed by atoms with Crippen LogP contribution in [0, 0.1) is 5.41 Å². The van der Waals surface area contributed by atoms with Crippen LogP contribution in [-0.2, 0) is 85.5 Å². The molecule has 0 unspecified atom stereocenters. The lowest BCUT2D eigenvalue weighted by Gasteiger charge is -2.31. The molecule has 0 aliphatic heterocycles. The van der Waals surface area contributed by atoms with Crippen molar-refractivity contribution in [2.45, 2.75) is 156 Å². The van der Waals surface area contributed by atoms with E-state index in [1.165, 1.54) is 0 Å². The van der Waals surface area contributed by atoms with Gasteiger partial charge in [0.25, 0.3) is 0 Å². The molecule has 12 heteroatoms. The van der Waals surface area contributed by atoms with Crippen molar-refractivity contribution < 1.29 is 58.6 Å². The summed E-state index contributed by atoms with van der Waals surface area (Å²) in [7, 11) is 0. The average Bonchev–Trinajstić information content (AvgIpc) is 3.23. The van der Waals surface area contributed by atoms with Gasteiger partial charge in [0.05, 0.1) is 0 Å². The number of benzene rings is 4. The molecule has 4 aromatic carbocycles. The Morgan fingerprint density at radius 3 is 0.696 bits per heavy atom. The Morgan fingerprint density at radius 1 is 0.333 bits per heavy atom. The maximum atomic E-state index is 13.5. The van der Waals surface area contributed by atoms with E-state index in [2.05, 4.69) is 0 Å². The van der Waals surface area contributed by atoms with Gasteiger partial charge in [0.1, 0.15) is 54.8 Å². The van der Waals surface area contributed by atoms with Gasteiger partial charge in [0.2, 0.25) is 0 Å². The molecule has 0 bridgehead atoms. The fraction of sp³-hybridized carbons (Fsp3) is 0.509. The van der Waals surface area contributed by atoms with E-state index in [-0.39, 0.29) is 96.0 Å². The summed E-state index contributed by atoms with van der Waals surface area (Å²) in [5, 5.41) is 41.8. The fourth-order valence-corrected chi connectivity index (χ4v) is 7.46. The van der Waals surface area contributed by atoms with Gasteiger partial charge in [-0.2, -0.15) is 0 Å². The molecule has 376 valence electrons. The second-order valence-electron chi connectivity index (χ2n) is 22.7. The first-order valence-electron chi connectivity index (χ1n) is 23.9.